The molecule has 6 heteroatoms. The molecule has 0 radical (unpaired) electrons. The van der Waals surface area contributed by atoms with Crippen LogP contribution in [0.4, 0.5) is 4.39 Å². The zero-order chi connectivity index (χ0) is 18.6. The van der Waals surface area contributed by atoms with Crippen LogP contribution >= 0.6 is 0 Å². The van der Waals surface area contributed by atoms with Crippen molar-refractivity contribution in [3.8, 4) is 11.5 Å². The van der Waals surface area contributed by atoms with Crippen LogP contribution in [0.3, 0.4) is 0 Å². The molecule has 0 fully saturated rings. The van der Waals surface area contributed by atoms with Crippen molar-refractivity contribution >= 4 is 0 Å². The lowest BCUT2D eigenvalue weighted by Crippen LogP contribution is -2.27. The number of hydrogen-bond acceptors (Lipinski definition) is 5. The summed E-state index contributed by atoms with van der Waals surface area (Å²) in [5.41, 5.74) is 2.25. The maximum atomic E-state index is 13.2. The van der Waals surface area contributed by atoms with Gasteiger partial charge in [-0.3, -0.25) is 4.98 Å². The third-order valence-electron chi connectivity index (χ3n) is 4.58. The zero-order valence-electron chi connectivity index (χ0n) is 14.6. The standard InChI is InChI=1S/C21H19FN2O3/c22-20-5-1-4-16(24-20)13-26-17-6-7-19-18(10-17)21(25)15(12-27-19)9-14-3-2-8-23-11-14/h1-8,10-11,15,21,25H,9,12-13H2/t15-,21-/m0/s1. The first-order chi connectivity index (χ1) is 13.2. The molecule has 4 rings (SSSR count). The Morgan fingerprint density at radius 3 is 2.93 bits per heavy atom. The molecule has 27 heavy (non-hydrogen) atoms. The number of hydrogen-bond donors (Lipinski definition) is 1. The molecule has 1 N–H and O–H groups in total. The van der Waals surface area contributed by atoms with E-state index in [1.807, 2.05) is 12.1 Å². The van der Waals surface area contributed by atoms with E-state index in [-0.39, 0.29) is 12.5 Å². The van der Waals surface area contributed by atoms with Crippen LogP contribution in [0.25, 0.3) is 0 Å². The summed E-state index contributed by atoms with van der Waals surface area (Å²) in [7, 11) is 0. The second kappa shape index (κ2) is 7.72. The van der Waals surface area contributed by atoms with Crippen molar-refractivity contribution in [3.05, 3.63) is 83.7 Å². The fourth-order valence-electron chi connectivity index (χ4n) is 3.20. The van der Waals surface area contributed by atoms with E-state index >= 15 is 0 Å². The predicted molar refractivity (Wildman–Crippen MR) is 96.9 cm³/mol. The Balaban J connectivity index is 1.47. The number of halogens is 1. The van der Waals surface area contributed by atoms with Crippen molar-refractivity contribution in [2.45, 2.75) is 19.1 Å². The van der Waals surface area contributed by atoms with E-state index in [0.29, 0.717) is 35.8 Å². The van der Waals surface area contributed by atoms with Gasteiger partial charge in [-0.05, 0) is 48.4 Å². The number of aliphatic hydroxyl groups is 1. The smallest absolute Gasteiger partial charge is 0.213 e. The molecule has 0 amide bonds. The van der Waals surface area contributed by atoms with Gasteiger partial charge >= 0.3 is 0 Å². The summed E-state index contributed by atoms with van der Waals surface area (Å²) in [5, 5.41) is 10.8. The average Bonchev–Trinajstić information content (AvgIpc) is 2.70. The van der Waals surface area contributed by atoms with Gasteiger partial charge in [-0.1, -0.05) is 12.1 Å². The number of aliphatic hydroxyl groups excluding tert-OH is 1. The third kappa shape index (κ3) is 4.06. The van der Waals surface area contributed by atoms with Gasteiger partial charge in [0.25, 0.3) is 0 Å². The van der Waals surface area contributed by atoms with E-state index < -0.39 is 12.1 Å². The minimum atomic E-state index is -0.662. The van der Waals surface area contributed by atoms with Crippen LogP contribution in [0.2, 0.25) is 0 Å². The van der Waals surface area contributed by atoms with Gasteiger partial charge < -0.3 is 14.6 Å². The maximum Gasteiger partial charge on any atom is 0.213 e. The number of ether oxygens (including phenoxy) is 2. The van der Waals surface area contributed by atoms with Gasteiger partial charge in [0.15, 0.2) is 0 Å². The van der Waals surface area contributed by atoms with Crippen molar-refractivity contribution in [3.63, 3.8) is 0 Å². The molecule has 0 saturated heterocycles. The molecular weight excluding hydrogens is 347 g/mol. The number of pyridine rings is 2. The molecule has 3 aromatic rings. The fraction of sp³-hybridized carbons (Fsp3) is 0.238. The first kappa shape index (κ1) is 17.4. The predicted octanol–water partition coefficient (Wildman–Crippen LogP) is 3.48. The van der Waals surface area contributed by atoms with Gasteiger partial charge in [-0.25, -0.2) is 4.98 Å². The summed E-state index contributed by atoms with van der Waals surface area (Å²) in [5.74, 6) is 0.621. The van der Waals surface area contributed by atoms with Crippen LogP contribution in [-0.2, 0) is 13.0 Å². The van der Waals surface area contributed by atoms with Crippen LogP contribution in [0.5, 0.6) is 11.5 Å². The number of aromatic nitrogens is 2. The molecule has 0 bridgehead atoms. The van der Waals surface area contributed by atoms with E-state index in [1.165, 1.54) is 6.07 Å². The van der Waals surface area contributed by atoms with Crippen LogP contribution in [0.1, 0.15) is 22.9 Å². The van der Waals surface area contributed by atoms with Crippen molar-refractivity contribution < 1.29 is 19.0 Å². The molecule has 3 heterocycles. The Morgan fingerprint density at radius 1 is 1.19 bits per heavy atom. The quantitative estimate of drug-likeness (QED) is 0.701. The number of fused-ring (bicyclic) bond motifs is 1. The Bertz CT molecular complexity index is 920. The Hall–Kier alpha value is -2.99. The lowest BCUT2D eigenvalue weighted by atomic mass is 9.88. The second-order valence-electron chi connectivity index (χ2n) is 6.52. The SMILES string of the molecule is O[C@@H]1c2cc(OCc3cccc(F)n3)ccc2OC[C@@H]1Cc1cccnc1. The van der Waals surface area contributed by atoms with Crippen molar-refractivity contribution in [1.29, 1.82) is 0 Å². The molecule has 2 aromatic heterocycles. The van der Waals surface area contributed by atoms with Crippen molar-refractivity contribution in [2.24, 2.45) is 5.92 Å². The van der Waals surface area contributed by atoms with Gasteiger partial charge in [0.1, 0.15) is 18.1 Å². The molecule has 1 aliphatic rings. The fourth-order valence-corrected chi connectivity index (χ4v) is 3.20. The second-order valence-corrected chi connectivity index (χ2v) is 6.52. The van der Waals surface area contributed by atoms with Gasteiger partial charge in [-0.15, -0.1) is 0 Å². The molecule has 0 saturated carbocycles. The first-order valence-corrected chi connectivity index (χ1v) is 8.77. The molecule has 138 valence electrons. The van der Waals surface area contributed by atoms with Gasteiger partial charge in [-0.2, -0.15) is 4.39 Å². The van der Waals surface area contributed by atoms with E-state index in [4.69, 9.17) is 9.47 Å². The van der Waals surface area contributed by atoms with E-state index in [1.54, 1.807) is 42.7 Å². The molecule has 0 unspecified atom stereocenters. The summed E-state index contributed by atoms with van der Waals surface area (Å²) in [4.78, 5) is 7.90. The van der Waals surface area contributed by atoms with Crippen LogP contribution < -0.4 is 9.47 Å². The van der Waals surface area contributed by atoms with Crippen molar-refractivity contribution in [2.75, 3.05) is 6.61 Å². The summed E-state index contributed by atoms with van der Waals surface area (Å²) >= 11 is 0. The highest BCUT2D eigenvalue weighted by Crippen LogP contribution is 2.38. The molecule has 1 aromatic carbocycles. The van der Waals surface area contributed by atoms with Gasteiger partial charge in [0.2, 0.25) is 5.95 Å². The highest BCUT2D eigenvalue weighted by Gasteiger charge is 2.30. The minimum absolute atomic E-state index is 0.0677. The van der Waals surface area contributed by atoms with Gasteiger partial charge in [0, 0.05) is 23.9 Å². The molecule has 1 aliphatic heterocycles. The normalized spacial score (nSPS) is 18.4. The average molecular weight is 366 g/mol. The number of benzene rings is 1. The van der Waals surface area contributed by atoms with Crippen molar-refractivity contribution in [1.82, 2.24) is 9.97 Å². The van der Waals surface area contributed by atoms with Gasteiger partial charge in [0.05, 0.1) is 18.4 Å². The lowest BCUT2D eigenvalue weighted by molar-refractivity contribution is 0.0504. The monoisotopic (exact) mass is 366 g/mol. The highest BCUT2D eigenvalue weighted by atomic mass is 19.1. The third-order valence-corrected chi connectivity index (χ3v) is 4.58. The topological polar surface area (TPSA) is 64.5 Å². The highest BCUT2D eigenvalue weighted by molar-refractivity contribution is 5.43. The van der Waals surface area contributed by atoms with E-state index in [9.17, 15) is 9.50 Å². The minimum Gasteiger partial charge on any atom is -0.493 e. The molecular formula is C21H19FN2O3. The molecule has 2 atom stereocenters. The van der Waals surface area contributed by atoms with Crippen LogP contribution in [0, 0.1) is 11.9 Å². The summed E-state index contributed by atoms with van der Waals surface area (Å²) in [6.45, 7) is 0.586. The Labute approximate surface area is 156 Å². The maximum absolute atomic E-state index is 13.2. The van der Waals surface area contributed by atoms with E-state index in [2.05, 4.69) is 9.97 Å². The van der Waals surface area contributed by atoms with Crippen LogP contribution in [-0.4, -0.2) is 21.7 Å². The zero-order valence-corrected chi connectivity index (χ0v) is 14.6. The molecule has 5 nitrogen and oxygen atoms in total. The molecule has 0 aliphatic carbocycles. The summed E-state index contributed by atoms with van der Waals surface area (Å²) < 4.78 is 24.7. The first-order valence-electron chi connectivity index (χ1n) is 8.77. The lowest BCUT2D eigenvalue weighted by Gasteiger charge is -2.30. The number of rotatable bonds is 5. The molecule has 0 spiro atoms. The Kier molecular flexibility index (Phi) is 4.98. The number of nitrogens with zero attached hydrogens (tertiary/aromatic N) is 2. The summed E-state index contributed by atoms with van der Waals surface area (Å²) in [6.07, 6.45) is 3.54. The van der Waals surface area contributed by atoms with Crippen LogP contribution in [0.15, 0.2) is 60.9 Å². The van der Waals surface area contributed by atoms with E-state index in [0.717, 1.165) is 5.56 Å². The largest absolute Gasteiger partial charge is 0.493 e. The summed E-state index contributed by atoms with van der Waals surface area (Å²) in [6, 6.07) is 13.8. The Morgan fingerprint density at radius 2 is 2.11 bits per heavy atom.